The quantitative estimate of drug-likeness (QED) is 0.188. The van der Waals surface area contributed by atoms with Crippen LogP contribution in [0.2, 0.25) is 0 Å². The molecule has 230 valence electrons. The van der Waals surface area contributed by atoms with E-state index in [1.807, 2.05) is 53.3 Å². The van der Waals surface area contributed by atoms with Crippen LogP contribution in [0.5, 0.6) is 0 Å². The first kappa shape index (κ1) is 29.6. The lowest BCUT2D eigenvalue weighted by Crippen LogP contribution is -2.07. The van der Waals surface area contributed by atoms with Crippen molar-refractivity contribution >= 4 is 43.6 Å². The highest BCUT2D eigenvalue weighted by Gasteiger charge is 2.25. The largest absolute Gasteiger partial charge is 0.308 e. The van der Waals surface area contributed by atoms with Crippen LogP contribution in [0, 0.1) is 70.5 Å². The van der Waals surface area contributed by atoms with E-state index in [-0.39, 0.29) is 0 Å². The molecule has 0 saturated carbocycles. The highest BCUT2D eigenvalue weighted by molar-refractivity contribution is 6.12. The summed E-state index contributed by atoms with van der Waals surface area (Å²) in [4.78, 5) is 9.47. The van der Waals surface area contributed by atoms with Crippen LogP contribution >= 0.6 is 0 Å². The zero-order valence-corrected chi connectivity index (χ0v) is 26.7. The standard InChI is InChI=1S/C41H21N9/c1-23-11-34(48-24(2)47-23)41-39(49-35-12-25(18-42)3-7-30(35)31-8-4-26(19-43)13-36(31)49)16-29(22-46)17-40(41)50-37-14-27(20-44)5-9-32(37)33-10-6-28(21-45)15-38(33)50/h3-17H,1-2H3. The molecule has 9 nitrogen and oxygen atoms in total. The summed E-state index contributed by atoms with van der Waals surface area (Å²) < 4.78 is 3.96. The summed E-state index contributed by atoms with van der Waals surface area (Å²) in [7, 11) is 0. The lowest BCUT2D eigenvalue weighted by atomic mass is 10.0. The van der Waals surface area contributed by atoms with Crippen molar-refractivity contribution < 1.29 is 0 Å². The summed E-state index contributed by atoms with van der Waals surface area (Å²) in [6.07, 6.45) is 0. The van der Waals surface area contributed by atoms with E-state index in [4.69, 9.17) is 4.98 Å². The molecule has 0 radical (unpaired) electrons. The van der Waals surface area contributed by atoms with Crippen molar-refractivity contribution in [3.8, 4) is 53.0 Å². The van der Waals surface area contributed by atoms with Crippen molar-refractivity contribution in [1.29, 1.82) is 26.3 Å². The number of rotatable bonds is 3. The first-order chi connectivity index (χ1) is 24.3. The van der Waals surface area contributed by atoms with Crippen LogP contribution in [0.25, 0.3) is 66.2 Å². The first-order valence-electron chi connectivity index (χ1n) is 15.5. The Labute approximate surface area is 285 Å². The molecule has 0 amide bonds. The molecule has 0 aliphatic rings. The zero-order chi connectivity index (χ0) is 34.7. The number of fused-ring (bicyclic) bond motifs is 6. The fraction of sp³-hybridized carbons (Fsp3) is 0.0488. The highest BCUT2D eigenvalue weighted by Crippen LogP contribution is 2.43. The molecular formula is C41H21N9. The van der Waals surface area contributed by atoms with E-state index in [9.17, 15) is 26.3 Å². The Kier molecular flexibility index (Phi) is 6.63. The summed E-state index contributed by atoms with van der Waals surface area (Å²) in [5.41, 5.74) is 8.10. The van der Waals surface area contributed by atoms with Crippen molar-refractivity contribution in [3.63, 3.8) is 0 Å². The van der Waals surface area contributed by atoms with Crippen molar-refractivity contribution in [2.75, 3.05) is 0 Å². The minimum Gasteiger partial charge on any atom is -0.308 e. The van der Waals surface area contributed by atoms with Crippen LogP contribution in [0.3, 0.4) is 0 Å². The molecule has 0 atom stereocenters. The van der Waals surface area contributed by atoms with E-state index in [1.165, 1.54) is 0 Å². The van der Waals surface area contributed by atoms with Crippen molar-refractivity contribution in [2.24, 2.45) is 0 Å². The maximum Gasteiger partial charge on any atom is 0.126 e. The van der Waals surface area contributed by atoms with Gasteiger partial charge in [0, 0.05) is 32.8 Å². The van der Waals surface area contributed by atoms with E-state index in [1.54, 1.807) is 60.7 Å². The summed E-state index contributed by atoms with van der Waals surface area (Å²) in [6.45, 7) is 3.70. The van der Waals surface area contributed by atoms with Crippen molar-refractivity contribution in [2.45, 2.75) is 13.8 Å². The summed E-state index contributed by atoms with van der Waals surface area (Å²) in [6, 6.07) is 38.6. The van der Waals surface area contributed by atoms with Crippen LogP contribution in [-0.4, -0.2) is 19.1 Å². The topological polar surface area (TPSA) is 155 Å². The summed E-state index contributed by atoms with van der Waals surface area (Å²) in [5, 5.41) is 53.7. The van der Waals surface area contributed by atoms with Crippen molar-refractivity contribution in [3.05, 3.63) is 130 Å². The maximum absolute atomic E-state index is 10.5. The van der Waals surface area contributed by atoms with E-state index in [2.05, 4.69) is 35.3 Å². The van der Waals surface area contributed by atoms with Gasteiger partial charge in [0.15, 0.2) is 0 Å². The molecule has 50 heavy (non-hydrogen) atoms. The predicted octanol–water partition coefficient (Wildman–Crippen LogP) is 8.31. The second-order valence-corrected chi connectivity index (χ2v) is 12.0. The van der Waals surface area contributed by atoms with Gasteiger partial charge in [-0.3, -0.25) is 0 Å². The molecule has 0 N–H and O–H groups in total. The Morgan fingerprint density at radius 1 is 0.440 bits per heavy atom. The van der Waals surface area contributed by atoms with E-state index >= 15 is 0 Å². The highest BCUT2D eigenvalue weighted by atomic mass is 15.0. The van der Waals surface area contributed by atoms with Crippen LogP contribution in [0.15, 0.2) is 91.0 Å². The second kappa shape index (κ2) is 11.2. The second-order valence-electron chi connectivity index (χ2n) is 12.0. The Morgan fingerprint density at radius 3 is 1.12 bits per heavy atom. The fourth-order valence-electron chi connectivity index (χ4n) is 6.97. The molecule has 5 aromatic carbocycles. The normalized spacial score (nSPS) is 10.9. The number of nitriles is 5. The maximum atomic E-state index is 10.5. The molecule has 3 heterocycles. The van der Waals surface area contributed by atoms with Crippen LogP contribution < -0.4 is 0 Å². The molecule has 8 aromatic rings. The number of hydrogen-bond acceptors (Lipinski definition) is 7. The lowest BCUT2D eigenvalue weighted by molar-refractivity contribution is 1.01. The number of benzene rings is 5. The average Bonchev–Trinajstić information content (AvgIpc) is 3.64. The van der Waals surface area contributed by atoms with E-state index in [0.29, 0.717) is 78.3 Å². The molecule has 0 aliphatic heterocycles. The Hall–Kier alpha value is -7.77. The molecule has 0 unspecified atom stereocenters. The fourth-order valence-corrected chi connectivity index (χ4v) is 6.97. The monoisotopic (exact) mass is 639 g/mol. The third-order valence-corrected chi connectivity index (χ3v) is 8.98. The van der Waals surface area contributed by atoms with Gasteiger partial charge < -0.3 is 9.13 Å². The van der Waals surface area contributed by atoms with Crippen molar-refractivity contribution in [1.82, 2.24) is 19.1 Å². The molecule has 0 saturated heterocycles. The van der Waals surface area contributed by atoms with Crippen LogP contribution in [0.1, 0.15) is 39.3 Å². The molecule has 8 rings (SSSR count). The number of hydrogen-bond donors (Lipinski definition) is 0. The Morgan fingerprint density at radius 2 is 0.800 bits per heavy atom. The Bertz CT molecular complexity index is 2680. The third-order valence-electron chi connectivity index (χ3n) is 8.98. The SMILES string of the molecule is Cc1cc(-c2c(-n3c4cc(C#N)ccc4c4ccc(C#N)cc43)cc(C#N)cc2-n2c3cc(C#N)ccc3c3ccc(C#N)cc32)nc(C)n1. The first-order valence-corrected chi connectivity index (χ1v) is 15.5. The lowest BCUT2D eigenvalue weighted by Gasteiger charge is -2.21. The van der Waals surface area contributed by atoms with E-state index < -0.39 is 0 Å². The minimum atomic E-state index is 0.340. The van der Waals surface area contributed by atoms with Gasteiger partial charge >= 0.3 is 0 Å². The minimum absolute atomic E-state index is 0.340. The third kappa shape index (κ3) is 4.43. The molecule has 0 aliphatic carbocycles. The van der Waals surface area contributed by atoms with Crippen LogP contribution in [-0.2, 0) is 0 Å². The summed E-state index contributed by atoms with van der Waals surface area (Å²) >= 11 is 0. The van der Waals surface area contributed by atoms with Gasteiger partial charge in [0.25, 0.3) is 0 Å². The smallest absolute Gasteiger partial charge is 0.126 e. The number of aryl methyl sites for hydroxylation is 2. The van der Waals surface area contributed by atoms with Gasteiger partial charge in [-0.05, 0) is 80.6 Å². The zero-order valence-electron chi connectivity index (χ0n) is 26.7. The molecular weight excluding hydrogens is 619 g/mol. The average molecular weight is 640 g/mol. The van der Waals surface area contributed by atoms with Gasteiger partial charge in [-0.25, -0.2) is 9.97 Å². The van der Waals surface area contributed by atoms with Gasteiger partial charge in [0.05, 0.1) is 97.3 Å². The van der Waals surface area contributed by atoms with Crippen LogP contribution in [0.4, 0.5) is 0 Å². The molecule has 0 fully saturated rings. The number of aromatic nitrogens is 4. The van der Waals surface area contributed by atoms with E-state index in [0.717, 1.165) is 27.2 Å². The molecule has 0 bridgehead atoms. The summed E-state index contributed by atoms with van der Waals surface area (Å²) in [5.74, 6) is 0.544. The van der Waals surface area contributed by atoms with Gasteiger partial charge in [-0.1, -0.05) is 24.3 Å². The Balaban J connectivity index is 1.65. The van der Waals surface area contributed by atoms with Gasteiger partial charge in [0.1, 0.15) is 5.82 Å². The predicted molar refractivity (Wildman–Crippen MR) is 189 cm³/mol. The number of nitrogens with zero attached hydrogens (tertiary/aromatic N) is 9. The molecule has 3 aromatic heterocycles. The molecule has 0 spiro atoms. The molecule has 9 heteroatoms. The van der Waals surface area contributed by atoms with Gasteiger partial charge in [-0.2, -0.15) is 26.3 Å². The van der Waals surface area contributed by atoms with Gasteiger partial charge in [-0.15, -0.1) is 0 Å². The van der Waals surface area contributed by atoms with Gasteiger partial charge in [0.2, 0.25) is 0 Å².